The topological polar surface area (TPSA) is 72.2 Å². The van der Waals surface area contributed by atoms with Crippen LogP contribution in [0.1, 0.15) is 55.8 Å². The zero-order valence-electron chi connectivity index (χ0n) is 13.0. The number of hydrogen-bond acceptors (Lipinski definition) is 3. The van der Waals surface area contributed by atoms with Gasteiger partial charge in [-0.2, -0.15) is 0 Å². The molecule has 4 nitrogen and oxygen atoms in total. The lowest BCUT2D eigenvalue weighted by molar-refractivity contribution is -0.115. The second-order valence-electron chi connectivity index (χ2n) is 5.69. The van der Waals surface area contributed by atoms with Gasteiger partial charge in [-0.15, -0.1) is 11.8 Å². The van der Waals surface area contributed by atoms with E-state index in [2.05, 4.69) is 5.32 Å². The van der Waals surface area contributed by atoms with Gasteiger partial charge in [0.2, 0.25) is 5.91 Å². The molecule has 5 heteroatoms. The molecule has 2 amide bonds. The Morgan fingerprint density at radius 2 is 1.95 bits per heavy atom. The lowest BCUT2D eigenvalue weighted by atomic mass is 10.0. The SMILES string of the molecule is CCC(SC1CCCCC1)C(=O)Nc1ccccc1C(N)=O. The first-order chi connectivity index (χ1) is 10.6. The third-order valence-electron chi connectivity index (χ3n) is 4.02. The summed E-state index contributed by atoms with van der Waals surface area (Å²) in [5, 5.41) is 3.37. The van der Waals surface area contributed by atoms with Crippen molar-refractivity contribution in [2.75, 3.05) is 5.32 Å². The van der Waals surface area contributed by atoms with Crippen LogP contribution in [0.2, 0.25) is 0 Å². The van der Waals surface area contributed by atoms with E-state index in [9.17, 15) is 9.59 Å². The molecule has 120 valence electrons. The maximum atomic E-state index is 12.5. The monoisotopic (exact) mass is 320 g/mol. The first-order valence-electron chi connectivity index (χ1n) is 7.97. The van der Waals surface area contributed by atoms with Crippen LogP contribution in [0, 0.1) is 0 Å². The van der Waals surface area contributed by atoms with Gasteiger partial charge in [0, 0.05) is 5.25 Å². The fraction of sp³-hybridized carbons (Fsp3) is 0.529. The maximum absolute atomic E-state index is 12.5. The van der Waals surface area contributed by atoms with Crippen molar-refractivity contribution >= 4 is 29.3 Å². The molecule has 0 radical (unpaired) electrons. The summed E-state index contributed by atoms with van der Waals surface area (Å²) in [5.74, 6) is -0.560. The van der Waals surface area contributed by atoms with E-state index < -0.39 is 5.91 Å². The molecule has 1 saturated carbocycles. The second kappa shape index (κ2) is 8.22. The molecular formula is C17H24N2O2S. The Balaban J connectivity index is 2.01. The van der Waals surface area contributed by atoms with Crippen molar-refractivity contribution < 1.29 is 9.59 Å². The summed E-state index contributed by atoms with van der Waals surface area (Å²) >= 11 is 1.78. The second-order valence-corrected chi connectivity index (χ2v) is 7.20. The Hall–Kier alpha value is -1.49. The van der Waals surface area contributed by atoms with E-state index in [1.807, 2.05) is 6.92 Å². The molecule has 22 heavy (non-hydrogen) atoms. The molecule has 1 aromatic carbocycles. The number of hydrogen-bond donors (Lipinski definition) is 2. The normalized spacial score (nSPS) is 17.0. The van der Waals surface area contributed by atoms with Crippen LogP contribution < -0.4 is 11.1 Å². The predicted molar refractivity (Wildman–Crippen MR) is 92.1 cm³/mol. The summed E-state index contributed by atoms with van der Waals surface area (Å²) in [6.45, 7) is 2.03. The first-order valence-corrected chi connectivity index (χ1v) is 8.91. The molecular weight excluding hydrogens is 296 g/mol. The summed E-state index contributed by atoms with van der Waals surface area (Å²) in [4.78, 5) is 23.9. The zero-order chi connectivity index (χ0) is 15.9. The van der Waals surface area contributed by atoms with E-state index in [4.69, 9.17) is 5.73 Å². The fourth-order valence-electron chi connectivity index (χ4n) is 2.80. The molecule has 1 aromatic rings. The van der Waals surface area contributed by atoms with Crippen molar-refractivity contribution in [1.29, 1.82) is 0 Å². The van der Waals surface area contributed by atoms with Crippen LogP contribution in [0.5, 0.6) is 0 Å². The Morgan fingerprint density at radius 3 is 2.59 bits per heavy atom. The average molecular weight is 320 g/mol. The molecule has 0 bridgehead atoms. The van der Waals surface area contributed by atoms with E-state index in [1.54, 1.807) is 36.0 Å². The van der Waals surface area contributed by atoms with Crippen molar-refractivity contribution in [1.82, 2.24) is 0 Å². The number of anilines is 1. The van der Waals surface area contributed by atoms with Crippen LogP contribution in [-0.4, -0.2) is 22.3 Å². The van der Waals surface area contributed by atoms with Crippen LogP contribution in [0.4, 0.5) is 5.69 Å². The van der Waals surface area contributed by atoms with Crippen LogP contribution in [0.3, 0.4) is 0 Å². The van der Waals surface area contributed by atoms with E-state index in [-0.39, 0.29) is 11.2 Å². The van der Waals surface area contributed by atoms with Crippen LogP contribution in [-0.2, 0) is 4.79 Å². The number of benzene rings is 1. The molecule has 0 heterocycles. The summed E-state index contributed by atoms with van der Waals surface area (Å²) < 4.78 is 0. The average Bonchev–Trinajstić information content (AvgIpc) is 2.53. The summed E-state index contributed by atoms with van der Waals surface area (Å²) in [7, 11) is 0. The van der Waals surface area contributed by atoms with Crippen LogP contribution >= 0.6 is 11.8 Å². The van der Waals surface area contributed by atoms with E-state index in [0.29, 0.717) is 16.5 Å². The maximum Gasteiger partial charge on any atom is 0.250 e. The largest absolute Gasteiger partial charge is 0.366 e. The lowest BCUT2D eigenvalue weighted by Crippen LogP contribution is -2.28. The van der Waals surface area contributed by atoms with Gasteiger partial charge in [0.05, 0.1) is 16.5 Å². The van der Waals surface area contributed by atoms with Gasteiger partial charge in [-0.25, -0.2) is 0 Å². The van der Waals surface area contributed by atoms with Crippen molar-refractivity contribution in [3.05, 3.63) is 29.8 Å². The van der Waals surface area contributed by atoms with E-state index >= 15 is 0 Å². The van der Waals surface area contributed by atoms with Crippen molar-refractivity contribution in [3.8, 4) is 0 Å². The molecule has 1 atom stereocenters. The summed E-state index contributed by atoms with van der Waals surface area (Å²) in [6, 6.07) is 6.88. The number of primary amides is 1. The molecule has 0 aromatic heterocycles. The Kier molecular flexibility index (Phi) is 6.31. The van der Waals surface area contributed by atoms with Gasteiger partial charge >= 0.3 is 0 Å². The third-order valence-corrected chi connectivity index (χ3v) is 5.75. The van der Waals surface area contributed by atoms with Crippen LogP contribution in [0.25, 0.3) is 0 Å². The standard InChI is InChI=1S/C17H24N2O2S/c1-2-15(22-12-8-4-3-5-9-12)17(21)19-14-11-7-6-10-13(14)16(18)20/h6-7,10-12,15H,2-5,8-9H2,1H3,(H2,18,20)(H,19,21). The Labute approximate surface area is 136 Å². The highest BCUT2D eigenvalue weighted by Crippen LogP contribution is 2.32. The van der Waals surface area contributed by atoms with Crippen molar-refractivity contribution in [3.63, 3.8) is 0 Å². The molecule has 0 saturated heterocycles. The van der Waals surface area contributed by atoms with Gasteiger partial charge in [-0.3, -0.25) is 9.59 Å². The number of carbonyl (C=O) groups is 2. The molecule has 3 N–H and O–H groups in total. The summed E-state index contributed by atoms with van der Waals surface area (Å²) in [5.41, 5.74) is 6.21. The molecule has 1 unspecified atom stereocenters. The predicted octanol–water partition coefficient (Wildman–Crippen LogP) is 3.57. The third kappa shape index (κ3) is 4.50. The first kappa shape index (κ1) is 16.9. The van der Waals surface area contributed by atoms with Crippen molar-refractivity contribution in [2.45, 2.75) is 55.9 Å². The zero-order valence-corrected chi connectivity index (χ0v) is 13.8. The highest BCUT2D eigenvalue weighted by atomic mass is 32.2. The number of carbonyl (C=O) groups excluding carboxylic acids is 2. The highest BCUT2D eigenvalue weighted by Gasteiger charge is 2.24. The molecule has 1 aliphatic carbocycles. The quantitative estimate of drug-likeness (QED) is 0.841. The van der Waals surface area contributed by atoms with Gasteiger partial charge in [0.25, 0.3) is 5.91 Å². The fourth-order valence-corrected chi connectivity index (χ4v) is 4.24. The van der Waals surface area contributed by atoms with Crippen molar-refractivity contribution in [2.24, 2.45) is 5.73 Å². The Morgan fingerprint density at radius 1 is 1.27 bits per heavy atom. The molecule has 0 spiro atoms. The lowest BCUT2D eigenvalue weighted by Gasteiger charge is -2.25. The van der Waals surface area contributed by atoms with E-state index in [0.717, 1.165) is 6.42 Å². The number of nitrogens with one attached hydrogen (secondary N) is 1. The minimum atomic E-state index is -0.524. The smallest absolute Gasteiger partial charge is 0.250 e. The Bertz CT molecular complexity index is 527. The minimum Gasteiger partial charge on any atom is -0.366 e. The van der Waals surface area contributed by atoms with Gasteiger partial charge in [0.1, 0.15) is 0 Å². The van der Waals surface area contributed by atoms with Gasteiger partial charge in [-0.05, 0) is 31.4 Å². The van der Waals surface area contributed by atoms with Gasteiger partial charge in [0.15, 0.2) is 0 Å². The number of para-hydroxylation sites is 1. The van der Waals surface area contributed by atoms with Crippen LogP contribution in [0.15, 0.2) is 24.3 Å². The molecule has 1 fully saturated rings. The highest BCUT2D eigenvalue weighted by molar-refractivity contribution is 8.01. The molecule has 0 aliphatic heterocycles. The number of rotatable bonds is 6. The van der Waals surface area contributed by atoms with E-state index in [1.165, 1.54) is 32.1 Å². The molecule has 1 aliphatic rings. The van der Waals surface area contributed by atoms with Gasteiger partial charge < -0.3 is 11.1 Å². The number of thioether (sulfide) groups is 1. The van der Waals surface area contributed by atoms with Gasteiger partial charge in [-0.1, -0.05) is 38.3 Å². The summed E-state index contributed by atoms with van der Waals surface area (Å²) in [6.07, 6.45) is 7.02. The number of amides is 2. The number of nitrogens with two attached hydrogens (primary N) is 1. The molecule has 2 rings (SSSR count). The minimum absolute atomic E-state index is 0.0354.